The maximum absolute atomic E-state index is 13.5. The molecule has 4 heterocycles. The number of likely N-dealkylation sites (tertiary alicyclic amines) is 1. The molecule has 3 aromatic heterocycles. The van der Waals surface area contributed by atoms with Gasteiger partial charge in [-0.25, -0.2) is 4.68 Å². The number of hydrogen-bond donors (Lipinski definition) is 3. The summed E-state index contributed by atoms with van der Waals surface area (Å²) in [5.41, 5.74) is 11.1. The zero-order chi connectivity index (χ0) is 33.8. The molecule has 0 spiro atoms. The van der Waals surface area contributed by atoms with Crippen LogP contribution in [-0.4, -0.2) is 69.1 Å². The molecular weight excluding hydrogens is 592 g/mol. The summed E-state index contributed by atoms with van der Waals surface area (Å²) in [5.74, 6) is 0.194. The highest BCUT2D eigenvalue weighted by molar-refractivity contribution is 6.05. The molecule has 5 rings (SSSR count). The molecule has 246 valence electrons. The van der Waals surface area contributed by atoms with Crippen molar-refractivity contribution >= 4 is 24.1 Å². The van der Waals surface area contributed by atoms with Crippen molar-refractivity contribution < 1.29 is 9.90 Å². The molecule has 0 radical (unpaired) electrons. The van der Waals surface area contributed by atoms with E-state index in [4.69, 9.17) is 5.73 Å². The van der Waals surface area contributed by atoms with E-state index in [1.165, 1.54) is 0 Å². The van der Waals surface area contributed by atoms with E-state index < -0.39 is 12.1 Å². The molecule has 1 aliphatic rings. The molecule has 1 aromatic carbocycles. The number of carbonyl (C=O) groups is 1. The number of nitrogens with zero attached hydrogens (tertiary/aromatic N) is 6. The molecule has 11 nitrogen and oxygen atoms in total. The number of benzene rings is 1. The summed E-state index contributed by atoms with van der Waals surface area (Å²) in [6.07, 6.45) is 7.87. The van der Waals surface area contributed by atoms with Gasteiger partial charge < -0.3 is 20.7 Å². The van der Waals surface area contributed by atoms with Gasteiger partial charge in [0.15, 0.2) is 0 Å². The highest BCUT2D eigenvalue weighted by Gasteiger charge is 2.30. The van der Waals surface area contributed by atoms with E-state index in [2.05, 4.69) is 38.1 Å². The fourth-order valence-corrected chi connectivity index (χ4v) is 6.13. The van der Waals surface area contributed by atoms with Crippen LogP contribution in [0.2, 0.25) is 0 Å². The molecule has 0 aliphatic carbocycles. The number of aliphatic hydroxyl groups is 1. The summed E-state index contributed by atoms with van der Waals surface area (Å²) < 4.78 is 3.64. The zero-order valence-corrected chi connectivity index (χ0v) is 27.7. The summed E-state index contributed by atoms with van der Waals surface area (Å²) >= 11 is 0. The lowest BCUT2D eigenvalue weighted by atomic mass is 9.92. The van der Waals surface area contributed by atoms with Gasteiger partial charge in [-0.15, -0.1) is 0 Å². The molecule has 1 aliphatic heterocycles. The second kappa shape index (κ2) is 14.3. The first-order valence-electron chi connectivity index (χ1n) is 16.0. The molecule has 1 unspecified atom stereocenters. The quantitative estimate of drug-likeness (QED) is 0.162. The molecule has 1 amide bonds. The summed E-state index contributed by atoms with van der Waals surface area (Å²) in [6.45, 7) is 13.4. The maximum atomic E-state index is 13.5. The van der Waals surface area contributed by atoms with Crippen LogP contribution in [0.15, 0.2) is 82.1 Å². The van der Waals surface area contributed by atoms with Crippen molar-refractivity contribution in [3.63, 3.8) is 0 Å². The van der Waals surface area contributed by atoms with Crippen molar-refractivity contribution in [1.82, 2.24) is 19.1 Å². The number of carbonyl (C=O) groups excluding carboxylic acids is 1. The molecule has 4 aromatic rings. The number of aromatic nitrogens is 3. The number of piperidine rings is 1. The molecule has 47 heavy (non-hydrogen) atoms. The third-order valence-electron chi connectivity index (χ3n) is 8.86. The molecule has 4 N–H and O–H groups in total. The van der Waals surface area contributed by atoms with Crippen molar-refractivity contribution in [2.45, 2.75) is 58.7 Å². The van der Waals surface area contributed by atoms with Gasteiger partial charge in [-0.2, -0.15) is 5.10 Å². The van der Waals surface area contributed by atoms with Crippen LogP contribution in [0, 0.1) is 5.92 Å². The Morgan fingerprint density at radius 1 is 1.06 bits per heavy atom. The Balaban J connectivity index is 1.43. The van der Waals surface area contributed by atoms with Crippen LogP contribution in [0.5, 0.6) is 0 Å². The number of hydrogen-bond acceptors (Lipinski definition) is 7. The smallest absolute Gasteiger partial charge is 0.261 e. The maximum Gasteiger partial charge on any atom is 0.261 e. The average Bonchev–Trinajstić information content (AvgIpc) is 3.48. The topological polar surface area (TPSA) is 143 Å². The lowest BCUT2D eigenvalue weighted by Crippen LogP contribution is -2.43. The predicted octanol–water partition coefficient (Wildman–Crippen LogP) is 5.16. The van der Waals surface area contributed by atoms with Crippen LogP contribution in [0.4, 0.5) is 5.69 Å². The fourth-order valence-electron chi connectivity index (χ4n) is 6.13. The first-order valence-corrected chi connectivity index (χ1v) is 16.0. The third kappa shape index (κ3) is 6.96. The third-order valence-corrected chi connectivity index (χ3v) is 8.86. The monoisotopic (exact) mass is 636 g/mol. The van der Waals surface area contributed by atoms with Gasteiger partial charge in [0.2, 0.25) is 5.43 Å². The molecule has 1 saturated heterocycles. The van der Waals surface area contributed by atoms with Crippen molar-refractivity contribution in [1.29, 1.82) is 0 Å². The molecule has 0 saturated carbocycles. The Morgan fingerprint density at radius 2 is 1.77 bits per heavy atom. The number of pyridine rings is 2. The van der Waals surface area contributed by atoms with Crippen LogP contribution in [0.25, 0.3) is 22.3 Å². The number of nitrogens with two attached hydrogens (primary N) is 1. The van der Waals surface area contributed by atoms with Gasteiger partial charge in [-0.3, -0.25) is 24.5 Å². The second-order valence-corrected chi connectivity index (χ2v) is 12.6. The van der Waals surface area contributed by atoms with Gasteiger partial charge in [0.05, 0.1) is 0 Å². The van der Waals surface area contributed by atoms with Crippen LogP contribution in [0.1, 0.15) is 74.2 Å². The van der Waals surface area contributed by atoms with Gasteiger partial charge in [-0.05, 0) is 62.4 Å². The van der Waals surface area contributed by atoms with E-state index in [0.29, 0.717) is 28.3 Å². The number of nitrogens with one attached hydrogen (secondary N) is 1. The highest BCUT2D eigenvalue weighted by atomic mass is 16.3. The Bertz CT molecular complexity index is 1820. The van der Waals surface area contributed by atoms with Crippen LogP contribution in [-0.2, 0) is 0 Å². The standard InChI is InChI=1S/C36H44N8O3/c1-22(2)36(47)42-16-13-25(14-17-42)31-18-28(32(34(37)38-5)44(31)39-6)24-9-11-27(12-10-24)41-35(46)30-21-43(23(3)4)20-29(33(30)45)26-8-7-15-40-19-26/h7-12,15,18-23,25,36,47H,6,13-14,16-17H2,1-5H3,(H2,37,38)(H,41,46). The normalized spacial score (nSPS) is 15.3. The number of amides is 1. The number of rotatable bonds is 10. The average molecular weight is 637 g/mol. The lowest BCUT2D eigenvalue weighted by molar-refractivity contribution is -0.0420. The summed E-state index contributed by atoms with van der Waals surface area (Å²) in [4.78, 5) is 37.5. The largest absolute Gasteiger partial charge is 0.382 e. The Kier molecular flexibility index (Phi) is 10.2. The lowest BCUT2D eigenvalue weighted by Gasteiger charge is -2.36. The Hall–Kier alpha value is -4.87. The summed E-state index contributed by atoms with van der Waals surface area (Å²) in [7, 11) is 1.64. The molecular formula is C36H44N8O3. The number of aliphatic hydroxyl groups excluding tert-OH is 1. The van der Waals surface area contributed by atoms with E-state index >= 15 is 0 Å². The van der Waals surface area contributed by atoms with E-state index in [0.717, 1.165) is 42.8 Å². The van der Waals surface area contributed by atoms with Gasteiger partial charge in [0.1, 0.15) is 23.3 Å². The van der Waals surface area contributed by atoms with Crippen molar-refractivity contribution in [3.8, 4) is 22.3 Å². The highest BCUT2D eigenvalue weighted by Crippen LogP contribution is 2.36. The van der Waals surface area contributed by atoms with Crippen molar-refractivity contribution in [3.05, 3.63) is 94.4 Å². The van der Waals surface area contributed by atoms with Crippen LogP contribution in [0.3, 0.4) is 0 Å². The number of aliphatic imine (C=N–C) groups is 1. The van der Waals surface area contributed by atoms with E-state index in [9.17, 15) is 14.7 Å². The Morgan fingerprint density at radius 3 is 2.34 bits per heavy atom. The molecule has 11 heteroatoms. The van der Waals surface area contributed by atoms with Crippen LogP contribution < -0.4 is 16.5 Å². The predicted molar refractivity (Wildman–Crippen MR) is 188 cm³/mol. The minimum atomic E-state index is -0.496. The summed E-state index contributed by atoms with van der Waals surface area (Å²) in [6, 6.07) is 13.1. The zero-order valence-electron chi connectivity index (χ0n) is 27.7. The molecule has 1 atom stereocenters. The van der Waals surface area contributed by atoms with E-state index in [1.807, 2.05) is 44.4 Å². The van der Waals surface area contributed by atoms with Gasteiger partial charge in [-0.1, -0.05) is 32.0 Å². The van der Waals surface area contributed by atoms with Gasteiger partial charge in [0, 0.05) is 91.7 Å². The second-order valence-electron chi connectivity index (χ2n) is 12.6. The number of amidine groups is 1. The Labute approximate surface area is 275 Å². The minimum absolute atomic E-state index is 0.0339. The first-order chi connectivity index (χ1) is 22.5. The number of anilines is 1. The van der Waals surface area contributed by atoms with E-state index in [1.54, 1.807) is 60.8 Å². The fraction of sp³-hybridized carbons (Fsp3) is 0.361. The summed E-state index contributed by atoms with van der Waals surface area (Å²) in [5, 5.41) is 17.8. The van der Waals surface area contributed by atoms with Gasteiger partial charge >= 0.3 is 0 Å². The van der Waals surface area contributed by atoms with Gasteiger partial charge in [0.25, 0.3) is 5.91 Å². The first kappa shape index (κ1) is 33.5. The van der Waals surface area contributed by atoms with Crippen LogP contribution >= 0.6 is 0 Å². The minimum Gasteiger partial charge on any atom is -0.382 e. The SMILES string of the molecule is C=Nn1c(C2CCN(C(O)C(C)C)CC2)cc(-c2ccc(NC(=O)c3cn(C(C)C)cc(-c4cccnc4)c3=O)cc2)c1/C(N)=N\C. The van der Waals surface area contributed by atoms with Crippen molar-refractivity contribution in [2.75, 3.05) is 25.5 Å². The molecule has 1 fully saturated rings. The van der Waals surface area contributed by atoms with Crippen molar-refractivity contribution in [2.24, 2.45) is 21.7 Å². The molecule has 0 bridgehead atoms. The van der Waals surface area contributed by atoms with E-state index in [-0.39, 0.29) is 28.9 Å².